The minimum Gasteiger partial charge on any atom is -0.342 e. The first kappa shape index (κ1) is 23.6. The third-order valence-corrected chi connectivity index (χ3v) is 9.42. The summed E-state index contributed by atoms with van der Waals surface area (Å²) >= 11 is 0. The molecule has 8 heteroatoms. The summed E-state index contributed by atoms with van der Waals surface area (Å²) in [7, 11) is -3.38. The first-order valence-corrected chi connectivity index (χ1v) is 13.6. The molecule has 0 radical (unpaired) electrons. The molecule has 2 atom stereocenters. The third kappa shape index (κ3) is 4.86. The van der Waals surface area contributed by atoms with E-state index in [1.54, 1.807) is 22.7 Å². The van der Waals surface area contributed by atoms with Crippen LogP contribution in [0, 0.1) is 17.2 Å². The predicted octanol–water partition coefficient (Wildman–Crippen LogP) is 4.03. The number of benzene rings is 1. The van der Waals surface area contributed by atoms with Gasteiger partial charge >= 0.3 is 0 Å². The normalized spacial score (nSPS) is 22.5. The maximum atomic E-state index is 13.2. The Morgan fingerprint density at radius 2 is 1.94 bits per heavy atom. The maximum Gasteiger partial charge on any atom is 0.220 e. The fourth-order valence-corrected chi connectivity index (χ4v) is 7.26. The lowest BCUT2D eigenvalue weighted by Gasteiger charge is -2.33. The van der Waals surface area contributed by atoms with Crippen LogP contribution < -0.4 is 0 Å². The number of rotatable bonds is 8. The average Bonchev–Trinajstić information content (AvgIpc) is 3.58. The number of hydrogen-bond donors (Lipinski definition) is 2. The van der Waals surface area contributed by atoms with Crippen molar-refractivity contribution in [1.82, 2.24) is 14.3 Å². The zero-order chi connectivity index (χ0) is 24.6. The number of piperidine rings is 1. The SMILES string of the molecule is C=CC(C1CC1)S(=O)(=O)N1CCCC(Cc2cnc(C3=CC(=O)C(c4ccccc4)=CC3=N)[nH]2)C1. The molecule has 182 valence electrons. The van der Waals surface area contributed by atoms with Crippen molar-refractivity contribution in [3.05, 3.63) is 78.4 Å². The Hall–Kier alpha value is -3.10. The quantitative estimate of drug-likeness (QED) is 0.430. The van der Waals surface area contributed by atoms with Crippen LogP contribution in [0.25, 0.3) is 11.1 Å². The number of ketones is 1. The molecule has 3 aliphatic rings. The summed E-state index contributed by atoms with van der Waals surface area (Å²) in [6.07, 6.45) is 10.8. The van der Waals surface area contributed by atoms with Crippen LogP contribution in [0.1, 0.15) is 42.8 Å². The molecule has 1 saturated carbocycles. The third-order valence-electron chi connectivity index (χ3n) is 7.10. The highest BCUT2D eigenvalue weighted by molar-refractivity contribution is 7.89. The fraction of sp³-hybridized carbons (Fsp3) is 0.370. The van der Waals surface area contributed by atoms with Crippen LogP contribution in [-0.2, 0) is 21.2 Å². The van der Waals surface area contributed by atoms with Crippen LogP contribution in [-0.4, -0.2) is 52.5 Å². The van der Waals surface area contributed by atoms with Gasteiger partial charge in [-0.2, -0.15) is 0 Å². The van der Waals surface area contributed by atoms with E-state index >= 15 is 0 Å². The standard InChI is InChI=1S/C27H30N4O3S/c1-2-26(20-10-11-20)35(33,34)31-12-6-7-18(17-31)13-21-16-29-27(30-21)23-15-25(32)22(14-24(23)28)19-8-4-3-5-9-19/h2-5,8-9,14-16,18,20,26,28H,1,6-7,10-13,17H2,(H,29,30). The van der Waals surface area contributed by atoms with Crippen LogP contribution in [0.2, 0.25) is 0 Å². The highest BCUT2D eigenvalue weighted by atomic mass is 32.2. The molecule has 1 saturated heterocycles. The molecule has 2 heterocycles. The number of aromatic nitrogens is 2. The van der Waals surface area contributed by atoms with Gasteiger partial charge < -0.3 is 10.4 Å². The lowest BCUT2D eigenvalue weighted by atomic mass is 9.91. The first-order valence-electron chi connectivity index (χ1n) is 12.1. The molecule has 0 amide bonds. The van der Waals surface area contributed by atoms with Crippen LogP contribution in [0.4, 0.5) is 0 Å². The molecule has 2 fully saturated rings. The highest BCUT2D eigenvalue weighted by Crippen LogP contribution is 2.39. The number of H-pyrrole nitrogens is 1. The first-order chi connectivity index (χ1) is 16.9. The van der Waals surface area contributed by atoms with E-state index < -0.39 is 15.3 Å². The van der Waals surface area contributed by atoms with Crippen molar-refractivity contribution in [1.29, 1.82) is 5.41 Å². The summed E-state index contributed by atoms with van der Waals surface area (Å²) in [5.74, 6) is 0.733. The second-order valence-electron chi connectivity index (χ2n) is 9.67. The zero-order valence-electron chi connectivity index (χ0n) is 19.6. The molecular weight excluding hydrogens is 460 g/mol. The molecule has 1 aliphatic heterocycles. The molecule has 2 unspecified atom stereocenters. The van der Waals surface area contributed by atoms with E-state index in [-0.39, 0.29) is 23.3 Å². The van der Waals surface area contributed by atoms with Crippen LogP contribution in [0.3, 0.4) is 0 Å². The number of imidazole rings is 1. The maximum absolute atomic E-state index is 13.2. The number of hydrogen-bond acceptors (Lipinski definition) is 5. The topological polar surface area (TPSA) is 107 Å². The molecule has 35 heavy (non-hydrogen) atoms. The Morgan fingerprint density at radius 1 is 1.17 bits per heavy atom. The summed E-state index contributed by atoms with van der Waals surface area (Å²) in [5, 5.41) is 7.99. The highest BCUT2D eigenvalue weighted by Gasteiger charge is 2.42. The number of nitrogens with zero attached hydrogens (tertiary/aromatic N) is 2. The van der Waals surface area contributed by atoms with Crippen molar-refractivity contribution < 1.29 is 13.2 Å². The van der Waals surface area contributed by atoms with E-state index in [0.29, 0.717) is 36.5 Å². The van der Waals surface area contributed by atoms with E-state index in [4.69, 9.17) is 5.41 Å². The predicted molar refractivity (Wildman–Crippen MR) is 137 cm³/mol. The minimum atomic E-state index is -3.38. The number of carbonyl (C=O) groups excluding carboxylic acids is 1. The fourth-order valence-electron chi connectivity index (χ4n) is 5.11. The van der Waals surface area contributed by atoms with Crippen LogP contribution in [0.15, 0.2) is 61.3 Å². The second-order valence-corrected chi connectivity index (χ2v) is 11.8. The Balaban J connectivity index is 1.27. The molecule has 2 N–H and O–H groups in total. The van der Waals surface area contributed by atoms with Crippen molar-refractivity contribution in [2.45, 2.75) is 37.4 Å². The molecular formula is C27H30N4O3S. The molecule has 0 bridgehead atoms. The Labute approximate surface area is 206 Å². The van der Waals surface area contributed by atoms with Crippen molar-refractivity contribution in [2.75, 3.05) is 13.1 Å². The van der Waals surface area contributed by atoms with Crippen molar-refractivity contribution in [2.24, 2.45) is 11.8 Å². The van der Waals surface area contributed by atoms with Gasteiger partial charge in [-0.1, -0.05) is 36.4 Å². The molecule has 1 aromatic carbocycles. The number of carbonyl (C=O) groups is 1. The molecule has 2 aliphatic carbocycles. The van der Waals surface area contributed by atoms with Gasteiger partial charge in [0.25, 0.3) is 0 Å². The van der Waals surface area contributed by atoms with Gasteiger partial charge in [0.1, 0.15) is 5.82 Å². The molecule has 2 aromatic rings. The molecule has 5 rings (SSSR count). The van der Waals surface area contributed by atoms with Crippen molar-refractivity contribution >= 4 is 32.7 Å². The smallest absolute Gasteiger partial charge is 0.220 e. The van der Waals surface area contributed by atoms with E-state index in [0.717, 1.165) is 36.9 Å². The van der Waals surface area contributed by atoms with Gasteiger partial charge in [0.05, 0.1) is 11.0 Å². The summed E-state index contributed by atoms with van der Waals surface area (Å²) < 4.78 is 28.0. The van der Waals surface area contributed by atoms with Gasteiger partial charge in [0, 0.05) is 36.1 Å². The van der Waals surface area contributed by atoms with E-state index in [9.17, 15) is 13.2 Å². The number of sulfonamides is 1. The van der Waals surface area contributed by atoms with E-state index in [2.05, 4.69) is 16.5 Å². The van der Waals surface area contributed by atoms with Gasteiger partial charge in [-0.25, -0.2) is 17.7 Å². The number of aromatic amines is 1. The lowest BCUT2D eigenvalue weighted by Crippen LogP contribution is -2.45. The summed E-state index contributed by atoms with van der Waals surface area (Å²) in [6, 6.07) is 9.34. The van der Waals surface area contributed by atoms with Crippen molar-refractivity contribution in [3.63, 3.8) is 0 Å². The second kappa shape index (κ2) is 9.51. The Kier molecular flexibility index (Phi) is 6.42. The van der Waals surface area contributed by atoms with Gasteiger partial charge in [0.15, 0.2) is 5.78 Å². The summed E-state index contributed by atoms with van der Waals surface area (Å²) in [4.78, 5) is 20.5. The lowest BCUT2D eigenvalue weighted by molar-refractivity contribution is -0.109. The van der Waals surface area contributed by atoms with E-state index in [1.165, 1.54) is 6.08 Å². The molecule has 7 nitrogen and oxygen atoms in total. The van der Waals surface area contributed by atoms with Gasteiger partial charge in [0.2, 0.25) is 10.0 Å². The average molecular weight is 491 g/mol. The largest absolute Gasteiger partial charge is 0.342 e. The Bertz CT molecular complexity index is 1320. The van der Waals surface area contributed by atoms with Gasteiger partial charge in [-0.3, -0.25) is 4.79 Å². The zero-order valence-corrected chi connectivity index (χ0v) is 20.4. The number of allylic oxidation sites excluding steroid dienone is 4. The summed E-state index contributed by atoms with van der Waals surface area (Å²) in [6.45, 7) is 4.84. The molecule has 1 aromatic heterocycles. The monoisotopic (exact) mass is 490 g/mol. The Morgan fingerprint density at radius 3 is 2.66 bits per heavy atom. The molecule has 0 spiro atoms. The van der Waals surface area contributed by atoms with Gasteiger partial charge in [-0.15, -0.1) is 6.58 Å². The van der Waals surface area contributed by atoms with E-state index in [1.807, 2.05) is 30.3 Å². The minimum absolute atomic E-state index is 0.152. The van der Waals surface area contributed by atoms with Crippen molar-refractivity contribution in [3.8, 4) is 0 Å². The summed E-state index contributed by atoms with van der Waals surface area (Å²) in [5.41, 5.74) is 2.86. The van der Waals surface area contributed by atoms with Gasteiger partial charge in [-0.05, 0) is 61.7 Å². The van der Waals surface area contributed by atoms with Crippen LogP contribution in [0.5, 0.6) is 0 Å². The number of nitrogens with one attached hydrogen (secondary N) is 2. The van der Waals surface area contributed by atoms with Crippen LogP contribution >= 0.6 is 0 Å².